The summed E-state index contributed by atoms with van der Waals surface area (Å²) in [5, 5.41) is 13.4. The number of carboxylic acid groups (broad SMARTS) is 1. The minimum Gasteiger partial charge on any atom is -0.465 e. The van der Waals surface area contributed by atoms with Crippen LogP contribution in [0, 0.1) is 5.92 Å². The first kappa shape index (κ1) is 12.2. The van der Waals surface area contributed by atoms with Gasteiger partial charge in [0.05, 0.1) is 5.69 Å². The van der Waals surface area contributed by atoms with Crippen LogP contribution in [0.5, 0.6) is 0 Å². The fourth-order valence-electron chi connectivity index (χ4n) is 4.02. The summed E-state index contributed by atoms with van der Waals surface area (Å²) in [6.07, 6.45) is 4.98. The van der Waals surface area contributed by atoms with Crippen molar-refractivity contribution in [3.63, 3.8) is 0 Å². The van der Waals surface area contributed by atoms with Gasteiger partial charge in [-0.1, -0.05) is 24.6 Å². The van der Waals surface area contributed by atoms with E-state index in [1.165, 1.54) is 18.4 Å². The Labute approximate surface area is 118 Å². The summed E-state index contributed by atoms with van der Waals surface area (Å²) < 4.78 is 0. The van der Waals surface area contributed by atoms with E-state index in [4.69, 9.17) is 0 Å². The number of benzene rings is 1. The molecule has 4 nitrogen and oxygen atoms in total. The van der Waals surface area contributed by atoms with Gasteiger partial charge in [0, 0.05) is 18.1 Å². The Kier molecular flexibility index (Phi) is 2.74. The van der Waals surface area contributed by atoms with Crippen LogP contribution in [-0.4, -0.2) is 23.3 Å². The highest BCUT2D eigenvalue weighted by molar-refractivity contribution is 5.89. The van der Waals surface area contributed by atoms with Crippen molar-refractivity contribution in [3.05, 3.63) is 29.8 Å². The maximum absolute atomic E-state index is 11.7. The minimum absolute atomic E-state index is 0.152. The summed E-state index contributed by atoms with van der Waals surface area (Å²) in [5.41, 5.74) is 2.06. The molecule has 1 heterocycles. The number of hydrogen-bond acceptors (Lipinski definition) is 2. The van der Waals surface area contributed by atoms with Gasteiger partial charge in [-0.3, -0.25) is 4.90 Å². The summed E-state index contributed by atoms with van der Waals surface area (Å²) in [6, 6.07) is 9.15. The normalized spacial score (nSPS) is 31.8. The van der Waals surface area contributed by atoms with Gasteiger partial charge in [-0.25, -0.2) is 4.79 Å². The predicted molar refractivity (Wildman–Crippen MR) is 77.0 cm³/mol. The van der Waals surface area contributed by atoms with Crippen LogP contribution in [-0.2, 0) is 0 Å². The van der Waals surface area contributed by atoms with Crippen LogP contribution in [0.4, 0.5) is 10.5 Å². The van der Waals surface area contributed by atoms with E-state index < -0.39 is 6.09 Å². The number of carbonyl (C=O) groups is 1. The number of fused-ring (bicyclic) bond motifs is 2. The molecule has 3 unspecified atom stereocenters. The monoisotopic (exact) mass is 272 g/mol. The molecule has 2 aliphatic carbocycles. The first-order chi connectivity index (χ1) is 9.75. The zero-order valence-electron chi connectivity index (χ0n) is 11.5. The molecule has 0 radical (unpaired) electrons. The molecule has 3 atom stereocenters. The third-order valence-electron chi connectivity index (χ3n) is 5.02. The summed E-state index contributed by atoms with van der Waals surface area (Å²) in [4.78, 5) is 13.3. The maximum atomic E-state index is 11.7. The SMILES string of the molecule is O=C(O)N1c2ccccc2C(NC2CC2)C2CCCC21. The number of rotatable bonds is 2. The van der Waals surface area contributed by atoms with Crippen molar-refractivity contribution in [3.8, 4) is 0 Å². The third-order valence-corrected chi connectivity index (χ3v) is 5.02. The van der Waals surface area contributed by atoms with Crippen molar-refractivity contribution < 1.29 is 9.90 Å². The third kappa shape index (κ3) is 1.82. The Balaban J connectivity index is 1.79. The maximum Gasteiger partial charge on any atom is 0.412 e. The highest BCUT2D eigenvalue weighted by Crippen LogP contribution is 2.48. The summed E-state index contributed by atoms with van der Waals surface area (Å²) >= 11 is 0. The van der Waals surface area contributed by atoms with E-state index in [1.807, 2.05) is 18.2 Å². The Morgan fingerprint density at radius 1 is 1.20 bits per heavy atom. The lowest BCUT2D eigenvalue weighted by Crippen LogP contribution is -2.50. The first-order valence-corrected chi connectivity index (χ1v) is 7.63. The molecule has 0 aromatic heterocycles. The van der Waals surface area contributed by atoms with Crippen molar-refractivity contribution >= 4 is 11.8 Å². The molecule has 4 heteroatoms. The standard InChI is InChI=1S/C16H20N2O2/c19-16(20)18-13-6-2-1-4-11(13)15(17-10-8-9-10)12-5-3-7-14(12)18/h1-2,4,6,10,12,14-15,17H,3,5,7-9H2,(H,19,20). The van der Waals surface area contributed by atoms with Gasteiger partial charge in [0.2, 0.25) is 0 Å². The molecule has 106 valence electrons. The van der Waals surface area contributed by atoms with Gasteiger partial charge in [-0.15, -0.1) is 0 Å². The van der Waals surface area contributed by atoms with Crippen LogP contribution >= 0.6 is 0 Å². The molecule has 0 bridgehead atoms. The molecule has 1 aliphatic heterocycles. The van der Waals surface area contributed by atoms with Gasteiger partial charge >= 0.3 is 6.09 Å². The average Bonchev–Trinajstić information content (AvgIpc) is 3.13. The van der Waals surface area contributed by atoms with Gasteiger partial charge in [-0.2, -0.15) is 0 Å². The van der Waals surface area contributed by atoms with Crippen molar-refractivity contribution in [2.45, 2.75) is 50.2 Å². The van der Waals surface area contributed by atoms with E-state index in [-0.39, 0.29) is 6.04 Å². The van der Waals surface area contributed by atoms with Gasteiger partial charge in [0.1, 0.15) is 0 Å². The second-order valence-electron chi connectivity index (χ2n) is 6.29. The highest BCUT2D eigenvalue weighted by Gasteiger charge is 2.46. The van der Waals surface area contributed by atoms with Gasteiger partial charge in [0.25, 0.3) is 0 Å². The van der Waals surface area contributed by atoms with Crippen LogP contribution in [0.15, 0.2) is 24.3 Å². The Bertz CT molecular complexity index is 541. The molecule has 1 amide bonds. The second kappa shape index (κ2) is 4.48. The van der Waals surface area contributed by atoms with Crippen molar-refractivity contribution in [1.29, 1.82) is 0 Å². The van der Waals surface area contributed by atoms with E-state index >= 15 is 0 Å². The van der Waals surface area contributed by atoms with Crippen LogP contribution in [0.2, 0.25) is 0 Å². The Morgan fingerprint density at radius 3 is 2.75 bits per heavy atom. The molecule has 0 spiro atoms. The zero-order chi connectivity index (χ0) is 13.7. The average molecular weight is 272 g/mol. The fourth-order valence-corrected chi connectivity index (χ4v) is 4.02. The van der Waals surface area contributed by atoms with Crippen LogP contribution in [0.25, 0.3) is 0 Å². The smallest absolute Gasteiger partial charge is 0.412 e. The summed E-state index contributed by atoms with van der Waals surface area (Å²) in [6.45, 7) is 0. The van der Waals surface area contributed by atoms with Gasteiger partial charge in [-0.05, 0) is 43.2 Å². The highest BCUT2D eigenvalue weighted by atomic mass is 16.4. The molecular formula is C16H20N2O2. The molecule has 2 saturated carbocycles. The molecule has 0 saturated heterocycles. The number of para-hydroxylation sites is 1. The Morgan fingerprint density at radius 2 is 2.00 bits per heavy atom. The van der Waals surface area contributed by atoms with E-state index in [9.17, 15) is 9.90 Å². The number of hydrogen-bond donors (Lipinski definition) is 2. The topological polar surface area (TPSA) is 52.6 Å². The number of nitrogens with one attached hydrogen (secondary N) is 1. The number of amides is 1. The van der Waals surface area contributed by atoms with E-state index in [0.717, 1.165) is 24.9 Å². The van der Waals surface area contributed by atoms with Gasteiger partial charge < -0.3 is 10.4 Å². The molecule has 4 rings (SSSR count). The lowest BCUT2D eigenvalue weighted by Gasteiger charge is -2.42. The lowest BCUT2D eigenvalue weighted by molar-refractivity contribution is 0.192. The zero-order valence-corrected chi connectivity index (χ0v) is 11.5. The van der Waals surface area contributed by atoms with Crippen LogP contribution in [0.3, 0.4) is 0 Å². The van der Waals surface area contributed by atoms with E-state index in [0.29, 0.717) is 18.0 Å². The Hall–Kier alpha value is -1.55. The first-order valence-electron chi connectivity index (χ1n) is 7.63. The van der Waals surface area contributed by atoms with E-state index in [1.54, 1.807) is 4.90 Å². The van der Waals surface area contributed by atoms with Crippen LogP contribution < -0.4 is 10.2 Å². The molecule has 2 fully saturated rings. The van der Waals surface area contributed by atoms with Crippen LogP contribution in [0.1, 0.15) is 43.7 Å². The minimum atomic E-state index is -0.806. The van der Waals surface area contributed by atoms with E-state index in [2.05, 4.69) is 11.4 Å². The summed E-state index contributed by atoms with van der Waals surface area (Å²) in [5.74, 6) is 0.432. The predicted octanol–water partition coefficient (Wildman–Crippen LogP) is 3.15. The molecule has 2 N–H and O–H groups in total. The number of nitrogens with zero attached hydrogens (tertiary/aromatic N) is 1. The molecule has 1 aromatic rings. The lowest BCUT2D eigenvalue weighted by atomic mass is 9.83. The quantitative estimate of drug-likeness (QED) is 0.869. The molecular weight excluding hydrogens is 252 g/mol. The number of anilines is 1. The van der Waals surface area contributed by atoms with Crippen molar-refractivity contribution in [2.75, 3.05) is 4.90 Å². The largest absolute Gasteiger partial charge is 0.465 e. The second-order valence-corrected chi connectivity index (χ2v) is 6.29. The van der Waals surface area contributed by atoms with Crippen molar-refractivity contribution in [1.82, 2.24) is 5.32 Å². The molecule has 20 heavy (non-hydrogen) atoms. The van der Waals surface area contributed by atoms with Crippen molar-refractivity contribution in [2.24, 2.45) is 5.92 Å². The fraction of sp³-hybridized carbons (Fsp3) is 0.562. The molecule has 1 aromatic carbocycles. The van der Waals surface area contributed by atoms with Gasteiger partial charge in [0.15, 0.2) is 0 Å². The summed E-state index contributed by atoms with van der Waals surface area (Å²) in [7, 11) is 0. The molecule has 3 aliphatic rings.